The highest BCUT2D eigenvalue weighted by Gasteiger charge is 2.13. The van der Waals surface area contributed by atoms with Crippen molar-refractivity contribution in [1.29, 1.82) is 5.41 Å². The van der Waals surface area contributed by atoms with Crippen molar-refractivity contribution in [3.05, 3.63) is 42.0 Å². The van der Waals surface area contributed by atoms with Crippen molar-refractivity contribution in [2.45, 2.75) is 20.8 Å². The first-order valence-electron chi connectivity index (χ1n) is 7.27. The van der Waals surface area contributed by atoms with Gasteiger partial charge in [0, 0.05) is 13.1 Å². The summed E-state index contributed by atoms with van der Waals surface area (Å²) in [6.07, 6.45) is 8.17. The number of benzene rings is 1. The van der Waals surface area contributed by atoms with E-state index in [1.807, 2.05) is 51.2 Å². The first kappa shape index (κ1) is 20.4. The standard InChI is InChI=1S/C11H13N3O2.C4H8.C2H5N/c1-14-7-12-9-6-8(2-4-10(9)14)3-5-11(15)13-16;1-3-4-2;1-2-3/h2-6,12,16H,7H2,1H3,(H,13,15);3-4H,1-2H3;2-3H,1H3/b5-3+;4-3+;. The Morgan fingerprint density at radius 3 is 2.48 bits per heavy atom. The highest BCUT2D eigenvalue weighted by molar-refractivity contribution is 5.91. The Hall–Kier alpha value is -2.60. The van der Waals surface area contributed by atoms with Gasteiger partial charge in [-0.25, -0.2) is 5.48 Å². The molecule has 0 fully saturated rings. The largest absolute Gasteiger partial charge is 0.366 e. The SMILES string of the molecule is C/C=C/C.CC=N.CN1CNc2cc(/C=C/C(=O)NO)ccc21. The lowest BCUT2D eigenvalue weighted by molar-refractivity contribution is -0.124. The van der Waals surface area contributed by atoms with Crippen LogP contribution in [0.5, 0.6) is 0 Å². The number of hydrogen-bond donors (Lipinski definition) is 4. The van der Waals surface area contributed by atoms with Crippen LogP contribution in [0.15, 0.2) is 36.4 Å². The number of fused-ring (bicyclic) bond motifs is 1. The van der Waals surface area contributed by atoms with Crippen molar-refractivity contribution in [3.8, 4) is 0 Å². The third kappa shape index (κ3) is 7.82. The number of rotatable bonds is 2. The van der Waals surface area contributed by atoms with E-state index in [0.717, 1.165) is 23.6 Å². The van der Waals surface area contributed by atoms with Gasteiger partial charge in [0.2, 0.25) is 0 Å². The van der Waals surface area contributed by atoms with Crippen molar-refractivity contribution in [3.63, 3.8) is 0 Å². The zero-order chi connectivity index (χ0) is 17.7. The summed E-state index contributed by atoms with van der Waals surface area (Å²) in [5.41, 5.74) is 4.64. The Bertz CT molecular complexity index is 550. The van der Waals surface area contributed by atoms with Crippen LogP contribution in [0.2, 0.25) is 0 Å². The summed E-state index contributed by atoms with van der Waals surface area (Å²) in [5.74, 6) is -0.537. The fourth-order valence-electron chi connectivity index (χ4n) is 1.63. The quantitative estimate of drug-likeness (QED) is 0.221. The van der Waals surface area contributed by atoms with Crippen LogP contribution in [0.1, 0.15) is 26.3 Å². The minimum Gasteiger partial charge on any atom is -0.366 e. The summed E-state index contributed by atoms with van der Waals surface area (Å²) in [6.45, 7) is 6.46. The van der Waals surface area contributed by atoms with E-state index in [4.69, 9.17) is 10.6 Å². The highest BCUT2D eigenvalue weighted by Crippen LogP contribution is 2.30. The molecule has 0 aliphatic carbocycles. The second kappa shape index (κ2) is 12.0. The lowest BCUT2D eigenvalue weighted by Crippen LogP contribution is -2.15. The third-order valence-electron chi connectivity index (χ3n) is 2.81. The predicted molar refractivity (Wildman–Crippen MR) is 97.2 cm³/mol. The molecule has 0 atom stereocenters. The molecule has 0 saturated carbocycles. The lowest BCUT2D eigenvalue weighted by atomic mass is 10.1. The van der Waals surface area contributed by atoms with E-state index in [9.17, 15) is 4.79 Å². The Balaban J connectivity index is 0.000000591. The summed E-state index contributed by atoms with van der Waals surface area (Å²) in [5, 5.41) is 17.6. The summed E-state index contributed by atoms with van der Waals surface area (Å²) >= 11 is 0. The Morgan fingerprint density at radius 1 is 1.35 bits per heavy atom. The molecule has 1 aliphatic rings. The molecule has 0 radical (unpaired) electrons. The topological polar surface area (TPSA) is 88.5 Å². The van der Waals surface area contributed by atoms with E-state index >= 15 is 0 Å². The average Bonchev–Trinajstić information content (AvgIpc) is 2.94. The van der Waals surface area contributed by atoms with Gasteiger partial charge in [0.15, 0.2) is 0 Å². The monoisotopic (exact) mass is 318 g/mol. The number of nitrogens with one attached hydrogen (secondary N) is 3. The van der Waals surface area contributed by atoms with Crippen molar-refractivity contribution < 1.29 is 10.0 Å². The highest BCUT2D eigenvalue weighted by atomic mass is 16.5. The number of carbonyl (C=O) groups is 1. The molecule has 6 nitrogen and oxygen atoms in total. The van der Waals surface area contributed by atoms with Crippen molar-refractivity contribution in [1.82, 2.24) is 5.48 Å². The molecule has 1 amide bonds. The van der Waals surface area contributed by atoms with Gasteiger partial charge in [-0.3, -0.25) is 10.0 Å². The van der Waals surface area contributed by atoms with E-state index in [1.165, 1.54) is 12.3 Å². The molecule has 1 aromatic carbocycles. The van der Waals surface area contributed by atoms with E-state index in [2.05, 4.69) is 10.2 Å². The smallest absolute Gasteiger partial charge is 0.267 e. The Morgan fingerprint density at radius 2 is 1.96 bits per heavy atom. The maximum absolute atomic E-state index is 10.8. The lowest BCUT2D eigenvalue weighted by Gasteiger charge is -2.09. The summed E-state index contributed by atoms with van der Waals surface area (Å²) in [4.78, 5) is 12.9. The molecule has 126 valence electrons. The van der Waals surface area contributed by atoms with Gasteiger partial charge >= 0.3 is 0 Å². The zero-order valence-corrected chi connectivity index (χ0v) is 14.1. The van der Waals surface area contributed by atoms with Crippen LogP contribution in [0, 0.1) is 5.41 Å². The van der Waals surface area contributed by atoms with Crippen LogP contribution in [-0.4, -0.2) is 31.0 Å². The van der Waals surface area contributed by atoms with Crippen molar-refractivity contribution >= 4 is 29.6 Å². The molecule has 0 bridgehead atoms. The van der Waals surface area contributed by atoms with Gasteiger partial charge < -0.3 is 15.6 Å². The molecule has 1 heterocycles. The molecule has 23 heavy (non-hydrogen) atoms. The van der Waals surface area contributed by atoms with Crippen LogP contribution in [0.25, 0.3) is 6.08 Å². The van der Waals surface area contributed by atoms with E-state index in [1.54, 1.807) is 18.5 Å². The van der Waals surface area contributed by atoms with E-state index in [-0.39, 0.29) is 0 Å². The fourth-order valence-corrected chi connectivity index (χ4v) is 1.63. The maximum Gasteiger partial charge on any atom is 0.267 e. The van der Waals surface area contributed by atoms with Crippen molar-refractivity contribution in [2.24, 2.45) is 0 Å². The molecular weight excluding hydrogens is 292 g/mol. The molecule has 4 N–H and O–H groups in total. The number of carbonyl (C=O) groups excluding carboxylic acids is 1. The number of hydroxylamine groups is 1. The molecule has 2 rings (SSSR count). The van der Waals surface area contributed by atoms with Gasteiger partial charge in [-0.1, -0.05) is 18.2 Å². The molecule has 0 spiro atoms. The van der Waals surface area contributed by atoms with Crippen LogP contribution < -0.4 is 15.7 Å². The number of hydrogen-bond acceptors (Lipinski definition) is 5. The normalized spacial score (nSPS) is 11.8. The van der Waals surface area contributed by atoms with Gasteiger partial charge in [0.1, 0.15) is 0 Å². The van der Waals surface area contributed by atoms with Gasteiger partial charge in [-0.05, 0) is 50.8 Å². The van der Waals surface area contributed by atoms with Crippen LogP contribution in [0.4, 0.5) is 11.4 Å². The minimum absolute atomic E-state index is 0.537. The van der Waals surface area contributed by atoms with Gasteiger partial charge in [-0.15, -0.1) is 0 Å². The van der Waals surface area contributed by atoms with Gasteiger partial charge in [-0.2, -0.15) is 0 Å². The molecular formula is C17H26N4O2. The average molecular weight is 318 g/mol. The molecule has 6 heteroatoms. The van der Waals surface area contributed by atoms with E-state index < -0.39 is 5.91 Å². The molecule has 1 aliphatic heterocycles. The second-order valence-corrected chi connectivity index (χ2v) is 4.57. The zero-order valence-electron chi connectivity index (χ0n) is 14.1. The number of allylic oxidation sites excluding steroid dienone is 2. The first-order chi connectivity index (χ1) is 11.0. The Kier molecular flexibility index (Phi) is 10.6. The fraction of sp³-hybridized carbons (Fsp3) is 0.294. The summed E-state index contributed by atoms with van der Waals surface area (Å²) in [6, 6.07) is 5.87. The van der Waals surface area contributed by atoms with Crippen LogP contribution in [-0.2, 0) is 4.79 Å². The van der Waals surface area contributed by atoms with Crippen molar-refractivity contribution in [2.75, 3.05) is 23.9 Å². The molecule has 0 unspecified atom stereocenters. The van der Waals surface area contributed by atoms with Crippen LogP contribution >= 0.6 is 0 Å². The second-order valence-electron chi connectivity index (χ2n) is 4.57. The molecule has 0 saturated heterocycles. The minimum atomic E-state index is -0.537. The van der Waals surface area contributed by atoms with Gasteiger partial charge in [0.05, 0.1) is 18.0 Å². The van der Waals surface area contributed by atoms with Gasteiger partial charge in [0.25, 0.3) is 5.91 Å². The summed E-state index contributed by atoms with van der Waals surface area (Å²) in [7, 11) is 2.01. The first-order valence-corrected chi connectivity index (χ1v) is 7.27. The maximum atomic E-state index is 10.8. The summed E-state index contributed by atoms with van der Waals surface area (Å²) < 4.78 is 0. The predicted octanol–water partition coefficient (Wildman–Crippen LogP) is 3.26. The number of nitrogens with zero attached hydrogens (tertiary/aromatic N) is 1. The molecule has 1 aromatic rings. The Labute approximate surface area is 138 Å². The van der Waals surface area contributed by atoms with E-state index in [0.29, 0.717) is 0 Å². The number of amides is 1. The van der Waals surface area contributed by atoms with Crippen LogP contribution in [0.3, 0.4) is 0 Å². The third-order valence-corrected chi connectivity index (χ3v) is 2.81. The molecule has 0 aromatic heterocycles. The number of anilines is 2.